The molecule has 0 saturated carbocycles. The smallest absolute Gasteiger partial charge is 0.251 e. The number of thiazole rings is 1. The maximum Gasteiger partial charge on any atom is 0.251 e. The van der Waals surface area contributed by atoms with Crippen molar-refractivity contribution in [3.05, 3.63) is 23.8 Å². The van der Waals surface area contributed by atoms with E-state index in [1.54, 1.807) is 18.2 Å². The van der Waals surface area contributed by atoms with Crippen molar-refractivity contribution in [2.24, 2.45) is 5.92 Å². The number of aliphatic hydroxyl groups is 1. The Bertz CT molecular complexity index is 567. The van der Waals surface area contributed by atoms with Gasteiger partial charge in [-0.25, -0.2) is 4.98 Å². The first-order valence-electron chi connectivity index (χ1n) is 5.65. The molecule has 18 heavy (non-hydrogen) atoms. The Morgan fingerprint density at radius 3 is 3.11 bits per heavy atom. The molecule has 1 aromatic carbocycles. The summed E-state index contributed by atoms with van der Waals surface area (Å²) in [6.07, 6.45) is 0. The SMILES string of the molecule is CC(CO)CNC(=O)c1ccc2nc(N)sc2c1. The monoisotopic (exact) mass is 265 g/mol. The molecular weight excluding hydrogens is 250 g/mol. The highest BCUT2D eigenvalue weighted by atomic mass is 32.1. The summed E-state index contributed by atoms with van der Waals surface area (Å²) in [7, 11) is 0. The molecule has 1 heterocycles. The van der Waals surface area contributed by atoms with E-state index in [4.69, 9.17) is 10.8 Å². The molecule has 6 heteroatoms. The van der Waals surface area contributed by atoms with Gasteiger partial charge in [-0.1, -0.05) is 18.3 Å². The first-order valence-corrected chi connectivity index (χ1v) is 6.47. The summed E-state index contributed by atoms with van der Waals surface area (Å²) in [5.41, 5.74) is 7.00. The fourth-order valence-electron chi connectivity index (χ4n) is 1.52. The topological polar surface area (TPSA) is 88.2 Å². The van der Waals surface area contributed by atoms with Crippen LogP contribution in [0.5, 0.6) is 0 Å². The van der Waals surface area contributed by atoms with E-state index < -0.39 is 0 Å². The number of nitrogens with zero attached hydrogens (tertiary/aromatic N) is 1. The Hall–Kier alpha value is -1.66. The maximum absolute atomic E-state index is 11.9. The Kier molecular flexibility index (Phi) is 3.78. The predicted molar refractivity (Wildman–Crippen MR) is 72.6 cm³/mol. The molecule has 0 aliphatic heterocycles. The first-order chi connectivity index (χ1) is 8.60. The van der Waals surface area contributed by atoms with Gasteiger partial charge in [0.25, 0.3) is 5.91 Å². The third kappa shape index (κ3) is 2.77. The zero-order valence-electron chi connectivity index (χ0n) is 10.0. The molecule has 1 amide bonds. The van der Waals surface area contributed by atoms with E-state index in [0.717, 1.165) is 10.2 Å². The lowest BCUT2D eigenvalue weighted by Gasteiger charge is -2.09. The molecule has 2 aromatic rings. The molecular formula is C12H15N3O2S. The van der Waals surface area contributed by atoms with Crippen LogP contribution in [0.1, 0.15) is 17.3 Å². The summed E-state index contributed by atoms with van der Waals surface area (Å²) < 4.78 is 0.898. The molecule has 0 bridgehead atoms. The van der Waals surface area contributed by atoms with Crippen LogP contribution in [-0.4, -0.2) is 29.1 Å². The quantitative estimate of drug-likeness (QED) is 0.776. The summed E-state index contributed by atoms with van der Waals surface area (Å²) in [5.74, 6) is -0.0964. The number of anilines is 1. The highest BCUT2D eigenvalue weighted by molar-refractivity contribution is 7.22. The number of carbonyl (C=O) groups is 1. The predicted octanol–water partition coefficient (Wildman–Crippen LogP) is 1.24. The average molecular weight is 265 g/mol. The third-order valence-electron chi connectivity index (χ3n) is 2.59. The van der Waals surface area contributed by atoms with Crippen LogP contribution in [0, 0.1) is 5.92 Å². The van der Waals surface area contributed by atoms with Gasteiger partial charge in [0, 0.05) is 18.7 Å². The van der Waals surface area contributed by atoms with Gasteiger partial charge in [0.15, 0.2) is 5.13 Å². The lowest BCUT2D eigenvalue weighted by molar-refractivity contribution is 0.0942. The fourth-order valence-corrected chi connectivity index (χ4v) is 2.29. The number of nitrogen functional groups attached to an aromatic ring is 1. The molecule has 0 saturated heterocycles. The molecule has 96 valence electrons. The Morgan fingerprint density at radius 2 is 2.39 bits per heavy atom. The van der Waals surface area contributed by atoms with Crippen LogP contribution in [0.3, 0.4) is 0 Å². The van der Waals surface area contributed by atoms with Gasteiger partial charge in [0.1, 0.15) is 0 Å². The van der Waals surface area contributed by atoms with E-state index in [1.165, 1.54) is 11.3 Å². The lowest BCUT2D eigenvalue weighted by Crippen LogP contribution is -2.29. The zero-order chi connectivity index (χ0) is 13.1. The van der Waals surface area contributed by atoms with Crippen molar-refractivity contribution >= 4 is 32.6 Å². The second-order valence-corrected chi connectivity index (χ2v) is 5.29. The maximum atomic E-state index is 11.9. The normalized spacial score (nSPS) is 12.6. The lowest BCUT2D eigenvalue weighted by atomic mass is 10.1. The van der Waals surface area contributed by atoms with E-state index >= 15 is 0 Å². The van der Waals surface area contributed by atoms with E-state index in [1.807, 2.05) is 6.92 Å². The fraction of sp³-hybridized carbons (Fsp3) is 0.333. The number of aliphatic hydroxyl groups excluding tert-OH is 1. The van der Waals surface area contributed by atoms with Crippen molar-refractivity contribution in [3.8, 4) is 0 Å². The van der Waals surface area contributed by atoms with Crippen LogP contribution in [0.4, 0.5) is 5.13 Å². The number of carbonyl (C=O) groups excluding carboxylic acids is 1. The van der Waals surface area contributed by atoms with Crippen LogP contribution >= 0.6 is 11.3 Å². The molecule has 0 spiro atoms. The minimum atomic E-state index is -0.149. The minimum absolute atomic E-state index is 0.0525. The van der Waals surface area contributed by atoms with E-state index in [0.29, 0.717) is 17.2 Å². The summed E-state index contributed by atoms with van der Waals surface area (Å²) in [4.78, 5) is 16.0. The van der Waals surface area contributed by atoms with Crippen LogP contribution in [0.2, 0.25) is 0 Å². The molecule has 1 atom stereocenters. The molecule has 4 N–H and O–H groups in total. The van der Waals surface area contributed by atoms with E-state index in [-0.39, 0.29) is 18.4 Å². The van der Waals surface area contributed by atoms with Crippen LogP contribution in [0.25, 0.3) is 10.2 Å². The number of benzene rings is 1. The Balaban J connectivity index is 2.12. The van der Waals surface area contributed by atoms with Crippen molar-refractivity contribution in [1.29, 1.82) is 0 Å². The number of nitrogens with two attached hydrogens (primary N) is 1. The van der Waals surface area contributed by atoms with Crippen molar-refractivity contribution in [3.63, 3.8) is 0 Å². The van der Waals surface area contributed by atoms with Gasteiger partial charge in [0.05, 0.1) is 10.2 Å². The van der Waals surface area contributed by atoms with Gasteiger partial charge >= 0.3 is 0 Å². The first kappa shape index (κ1) is 12.8. The number of hydrogen-bond donors (Lipinski definition) is 3. The van der Waals surface area contributed by atoms with Gasteiger partial charge in [-0.2, -0.15) is 0 Å². The van der Waals surface area contributed by atoms with E-state index in [9.17, 15) is 4.79 Å². The molecule has 0 aliphatic rings. The van der Waals surface area contributed by atoms with Gasteiger partial charge in [-0.3, -0.25) is 4.79 Å². The molecule has 2 rings (SSSR count). The zero-order valence-corrected chi connectivity index (χ0v) is 10.8. The minimum Gasteiger partial charge on any atom is -0.396 e. The van der Waals surface area contributed by atoms with Gasteiger partial charge in [-0.05, 0) is 24.1 Å². The van der Waals surface area contributed by atoms with Crippen molar-refractivity contribution < 1.29 is 9.90 Å². The van der Waals surface area contributed by atoms with Crippen LogP contribution in [-0.2, 0) is 0 Å². The van der Waals surface area contributed by atoms with Gasteiger partial charge < -0.3 is 16.2 Å². The van der Waals surface area contributed by atoms with Gasteiger partial charge in [0.2, 0.25) is 0 Å². The van der Waals surface area contributed by atoms with Crippen molar-refractivity contribution in [1.82, 2.24) is 10.3 Å². The number of amides is 1. The highest BCUT2D eigenvalue weighted by Crippen LogP contribution is 2.24. The average Bonchev–Trinajstić information content (AvgIpc) is 2.74. The van der Waals surface area contributed by atoms with Crippen molar-refractivity contribution in [2.75, 3.05) is 18.9 Å². The number of nitrogens with one attached hydrogen (secondary N) is 1. The number of hydrogen-bond acceptors (Lipinski definition) is 5. The van der Waals surface area contributed by atoms with E-state index in [2.05, 4.69) is 10.3 Å². The molecule has 0 radical (unpaired) electrons. The summed E-state index contributed by atoms with van der Waals surface area (Å²) in [5, 5.41) is 12.2. The standard InChI is InChI=1S/C12H15N3O2S/c1-7(6-16)5-14-11(17)8-2-3-9-10(4-8)18-12(13)15-9/h2-4,7,16H,5-6H2,1H3,(H2,13,15)(H,14,17). The largest absolute Gasteiger partial charge is 0.396 e. The molecule has 1 aromatic heterocycles. The third-order valence-corrected chi connectivity index (χ3v) is 3.44. The molecule has 5 nitrogen and oxygen atoms in total. The van der Waals surface area contributed by atoms with Crippen LogP contribution in [0.15, 0.2) is 18.2 Å². The highest BCUT2D eigenvalue weighted by Gasteiger charge is 2.09. The van der Waals surface area contributed by atoms with Crippen LogP contribution < -0.4 is 11.1 Å². The Morgan fingerprint density at radius 1 is 1.61 bits per heavy atom. The Labute approximate surface area is 109 Å². The second kappa shape index (κ2) is 5.32. The number of fused-ring (bicyclic) bond motifs is 1. The summed E-state index contributed by atoms with van der Waals surface area (Å²) in [6.45, 7) is 2.39. The summed E-state index contributed by atoms with van der Waals surface area (Å²) >= 11 is 1.36. The van der Waals surface area contributed by atoms with Crippen molar-refractivity contribution in [2.45, 2.75) is 6.92 Å². The number of aromatic nitrogens is 1. The molecule has 0 aliphatic carbocycles. The second-order valence-electron chi connectivity index (χ2n) is 4.23. The molecule has 0 fully saturated rings. The summed E-state index contributed by atoms with van der Waals surface area (Å²) in [6, 6.07) is 5.29. The van der Waals surface area contributed by atoms with Gasteiger partial charge in [-0.15, -0.1) is 0 Å². The number of rotatable bonds is 4. The molecule has 1 unspecified atom stereocenters.